The van der Waals surface area contributed by atoms with Crippen molar-refractivity contribution in [3.8, 4) is 39.1 Å². The van der Waals surface area contributed by atoms with Gasteiger partial charge >= 0.3 is 0 Å². The second-order valence-electron chi connectivity index (χ2n) is 8.00. The van der Waals surface area contributed by atoms with E-state index >= 15 is 0 Å². The molecule has 172 valence electrons. The van der Waals surface area contributed by atoms with Gasteiger partial charge in [-0.1, -0.05) is 6.07 Å². The molecule has 10 heteroatoms. The Morgan fingerprint density at radius 1 is 1.12 bits per heavy atom. The summed E-state index contributed by atoms with van der Waals surface area (Å²) in [5, 5.41) is 7.20. The van der Waals surface area contributed by atoms with Crippen LogP contribution in [0.3, 0.4) is 0 Å². The van der Waals surface area contributed by atoms with Crippen molar-refractivity contribution in [1.82, 2.24) is 24.5 Å². The Balaban J connectivity index is 1.64. The fraction of sp³-hybridized carbons (Fsp3) is 0.348. The molecule has 0 aliphatic carbocycles. The fourth-order valence-electron chi connectivity index (χ4n) is 4.09. The summed E-state index contributed by atoms with van der Waals surface area (Å²) in [5.74, 6) is 2.23. The largest absolute Gasteiger partial charge is 0.493 e. The number of hydrogen-bond acceptors (Lipinski definition) is 9. The van der Waals surface area contributed by atoms with Gasteiger partial charge < -0.3 is 24.8 Å². The summed E-state index contributed by atoms with van der Waals surface area (Å²) < 4.78 is 18.9. The highest BCUT2D eigenvalue weighted by molar-refractivity contribution is 7.13. The number of aromatic nitrogens is 4. The molecule has 33 heavy (non-hydrogen) atoms. The number of likely N-dealkylation sites (tertiary alicyclic amines) is 1. The van der Waals surface area contributed by atoms with Crippen LogP contribution < -0.4 is 19.9 Å². The van der Waals surface area contributed by atoms with Crippen LogP contribution in [0.4, 0.5) is 5.82 Å². The zero-order valence-corrected chi connectivity index (χ0v) is 19.6. The predicted molar refractivity (Wildman–Crippen MR) is 128 cm³/mol. The lowest BCUT2D eigenvalue weighted by Crippen LogP contribution is -2.36. The van der Waals surface area contributed by atoms with E-state index in [9.17, 15) is 0 Å². The van der Waals surface area contributed by atoms with Crippen molar-refractivity contribution in [2.45, 2.75) is 18.9 Å². The van der Waals surface area contributed by atoms with Crippen LogP contribution in [0.5, 0.6) is 17.4 Å². The second-order valence-corrected chi connectivity index (χ2v) is 8.89. The van der Waals surface area contributed by atoms with E-state index in [-0.39, 0.29) is 6.10 Å². The zero-order chi connectivity index (χ0) is 22.9. The normalized spacial score (nSPS) is 15.1. The van der Waals surface area contributed by atoms with Gasteiger partial charge in [-0.15, -0.1) is 11.3 Å². The van der Waals surface area contributed by atoms with Gasteiger partial charge in [0.1, 0.15) is 22.5 Å². The third-order valence-electron chi connectivity index (χ3n) is 5.93. The molecule has 0 radical (unpaired) electrons. The number of methoxy groups -OCH3 is 2. The summed E-state index contributed by atoms with van der Waals surface area (Å²) in [6.07, 6.45) is 5.44. The van der Waals surface area contributed by atoms with Gasteiger partial charge in [0, 0.05) is 30.2 Å². The molecule has 1 aromatic carbocycles. The molecule has 0 atom stereocenters. The van der Waals surface area contributed by atoms with Crippen molar-refractivity contribution in [3.05, 3.63) is 36.0 Å². The van der Waals surface area contributed by atoms with Crippen LogP contribution in [-0.4, -0.2) is 64.9 Å². The van der Waals surface area contributed by atoms with Crippen molar-refractivity contribution in [2.24, 2.45) is 0 Å². The Morgan fingerprint density at radius 2 is 1.91 bits per heavy atom. The van der Waals surface area contributed by atoms with E-state index in [0.29, 0.717) is 34.4 Å². The van der Waals surface area contributed by atoms with Gasteiger partial charge in [-0.25, -0.2) is 4.98 Å². The lowest BCUT2D eigenvalue weighted by atomic mass is 10.1. The molecule has 0 bridgehead atoms. The Morgan fingerprint density at radius 3 is 2.61 bits per heavy atom. The van der Waals surface area contributed by atoms with Crippen LogP contribution >= 0.6 is 11.3 Å². The van der Waals surface area contributed by atoms with Gasteiger partial charge in [-0.2, -0.15) is 14.6 Å². The molecule has 3 aromatic heterocycles. The van der Waals surface area contributed by atoms with Gasteiger partial charge in [0.25, 0.3) is 0 Å². The highest BCUT2D eigenvalue weighted by Gasteiger charge is 2.26. The minimum Gasteiger partial charge on any atom is -0.493 e. The number of benzene rings is 1. The average molecular weight is 467 g/mol. The summed E-state index contributed by atoms with van der Waals surface area (Å²) in [6, 6.07) is 5.71. The Labute approximate surface area is 195 Å². The van der Waals surface area contributed by atoms with Crippen LogP contribution in [0.1, 0.15) is 12.8 Å². The minimum absolute atomic E-state index is 0.0710. The van der Waals surface area contributed by atoms with Crippen LogP contribution in [0.25, 0.3) is 27.3 Å². The van der Waals surface area contributed by atoms with Gasteiger partial charge in [-0.05, 0) is 37.6 Å². The third-order valence-corrected chi connectivity index (χ3v) is 6.72. The standard InChI is InChI=1S/C23H26N6O3S/c1-28-9-6-15(7-10-28)32-22-19(23-25-8-11-33-23)20(24)29-21(27-22)16(13-26-29)14-4-5-17(30-2)18(12-14)31-3/h4-5,8,11-13,15H,6-7,9-10,24H2,1-3H3. The van der Waals surface area contributed by atoms with E-state index < -0.39 is 0 Å². The summed E-state index contributed by atoms with van der Waals surface area (Å²) in [5.41, 5.74) is 9.63. The van der Waals surface area contributed by atoms with Gasteiger partial charge in [0.05, 0.1) is 20.4 Å². The Bertz CT molecular complexity index is 1270. The summed E-state index contributed by atoms with van der Waals surface area (Å²) in [4.78, 5) is 11.7. The third kappa shape index (κ3) is 3.96. The van der Waals surface area contributed by atoms with E-state index in [1.807, 2.05) is 23.6 Å². The molecular weight excluding hydrogens is 440 g/mol. The lowest BCUT2D eigenvalue weighted by molar-refractivity contribution is 0.111. The molecule has 1 fully saturated rings. The topological polar surface area (TPSA) is 100 Å². The quantitative estimate of drug-likeness (QED) is 0.460. The van der Waals surface area contributed by atoms with Crippen LogP contribution in [0, 0.1) is 0 Å². The molecule has 0 amide bonds. The minimum atomic E-state index is 0.0710. The van der Waals surface area contributed by atoms with E-state index in [4.69, 9.17) is 24.9 Å². The Kier molecular flexibility index (Phi) is 5.77. The molecule has 1 aliphatic rings. The van der Waals surface area contributed by atoms with E-state index in [2.05, 4.69) is 22.0 Å². The SMILES string of the molecule is COc1ccc(-c2cnn3c(N)c(-c4nccs4)c(OC4CCN(C)CC4)nc23)cc1OC. The molecule has 9 nitrogen and oxygen atoms in total. The van der Waals surface area contributed by atoms with Crippen molar-refractivity contribution in [1.29, 1.82) is 0 Å². The maximum atomic E-state index is 6.63. The lowest BCUT2D eigenvalue weighted by Gasteiger charge is -2.29. The first-order valence-electron chi connectivity index (χ1n) is 10.7. The Hall–Kier alpha value is -3.37. The summed E-state index contributed by atoms with van der Waals surface area (Å²) >= 11 is 1.50. The molecule has 0 unspecified atom stereocenters. The number of ether oxygens (including phenoxy) is 3. The molecule has 2 N–H and O–H groups in total. The zero-order valence-electron chi connectivity index (χ0n) is 18.8. The number of nitrogens with two attached hydrogens (primary N) is 1. The summed E-state index contributed by atoms with van der Waals surface area (Å²) in [6.45, 7) is 1.97. The number of fused-ring (bicyclic) bond motifs is 1. The van der Waals surface area contributed by atoms with Crippen LogP contribution in [-0.2, 0) is 0 Å². The molecule has 1 aliphatic heterocycles. The van der Waals surface area contributed by atoms with Crippen LogP contribution in [0.2, 0.25) is 0 Å². The van der Waals surface area contributed by atoms with Crippen molar-refractivity contribution >= 4 is 22.8 Å². The monoisotopic (exact) mass is 466 g/mol. The van der Waals surface area contributed by atoms with Gasteiger partial charge in [-0.3, -0.25) is 0 Å². The van der Waals surface area contributed by atoms with Gasteiger partial charge in [0.2, 0.25) is 5.88 Å². The number of nitrogen functional groups attached to an aromatic ring is 1. The van der Waals surface area contributed by atoms with Crippen molar-refractivity contribution in [2.75, 3.05) is 40.1 Å². The molecule has 0 spiro atoms. The second kappa shape index (κ2) is 8.87. The molecule has 0 saturated carbocycles. The number of rotatable bonds is 6. The summed E-state index contributed by atoms with van der Waals surface area (Å²) in [7, 11) is 5.35. The number of hydrogen-bond donors (Lipinski definition) is 1. The highest BCUT2D eigenvalue weighted by atomic mass is 32.1. The smallest absolute Gasteiger partial charge is 0.230 e. The number of anilines is 1. The van der Waals surface area contributed by atoms with Gasteiger partial charge in [0.15, 0.2) is 17.1 Å². The number of thiazole rings is 1. The molecule has 4 aromatic rings. The molecule has 4 heterocycles. The van der Waals surface area contributed by atoms with E-state index in [0.717, 1.165) is 42.1 Å². The maximum Gasteiger partial charge on any atom is 0.230 e. The first-order chi connectivity index (χ1) is 16.1. The van der Waals surface area contributed by atoms with E-state index in [1.54, 1.807) is 31.1 Å². The average Bonchev–Trinajstić information content (AvgIpc) is 3.51. The maximum absolute atomic E-state index is 6.63. The molecule has 1 saturated heterocycles. The fourth-order valence-corrected chi connectivity index (χ4v) is 4.78. The number of piperidine rings is 1. The number of nitrogens with zero attached hydrogens (tertiary/aromatic N) is 5. The highest BCUT2D eigenvalue weighted by Crippen LogP contribution is 2.40. The van der Waals surface area contributed by atoms with E-state index in [1.165, 1.54) is 11.3 Å². The first-order valence-corrected chi connectivity index (χ1v) is 11.6. The predicted octanol–water partition coefficient (Wildman–Crippen LogP) is 3.59. The molecular formula is C23H26N6O3S. The van der Waals surface area contributed by atoms with Crippen molar-refractivity contribution < 1.29 is 14.2 Å². The first kappa shape index (κ1) is 21.5. The van der Waals surface area contributed by atoms with Crippen molar-refractivity contribution in [3.63, 3.8) is 0 Å². The molecule has 5 rings (SSSR count). The van der Waals surface area contributed by atoms with Crippen LogP contribution in [0.15, 0.2) is 36.0 Å².